The second-order valence-corrected chi connectivity index (χ2v) is 9.65. The Kier molecular flexibility index (Phi) is 4.92. The Bertz CT molecular complexity index is 1300. The number of piperidine rings is 1. The van der Waals surface area contributed by atoms with Gasteiger partial charge in [0.05, 0.1) is 16.1 Å². The number of anilines is 1. The van der Waals surface area contributed by atoms with E-state index in [1.807, 2.05) is 48.5 Å². The number of nitrogens with one attached hydrogen (secondary N) is 3. The fraction of sp³-hybridized carbons (Fsp3) is 0.261. The number of H-pyrrole nitrogens is 1. The van der Waals surface area contributed by atoms with Crippen LogP contribution in [0.5, 0.6) is 0 Å². The molecule has 3 N–H and O–H groups in total. The molecule has 0 spiro atoms. The van der Waals surface area contributed by atoms with Crippen molar-refractivity contribution < 1.29 is 8.42 Å². The zero-order chi connectivity index (χ0) is 20.6. The zero-order valence-corrected chi connectivity index (χ0v) is 17.4. The van der Waals surface area contributed by atoms with Crippen molar-refractivity contribution in [3.8, 4) is 0 Å². The van der Waals surface area contributed by atoms with Gasteiger partial charge in [-0.2, -0.15) is 5.10 Å². The molecule has 2 heterocycles. The maximum atomic E-state index is 13.5. The molecule has 5 rings (SSSR count). The first-order chi connectivity index (χ1) is 14.6. The van der Waals surface area contributed by atoms with Gasteiger partial charge in [0.15, 0.2) is 5.03 Å². The largest absolute Gasteiger partial charge is 0.383 e. The molecule has 1 aliphatic rings. The van der Waals surface area contributed by atoms with Gasteiger partial charge >= 0.3 is 0 Å². The van der Waals surface area contributed by atoms with Crippen LogP contribution in [0.3, 0.4) is 0 Å². The summed E-state index contributed by atoms with van der Waals surface area (Å²) in [6, 6.07) is 18.5. The highest BCUT2D eigenvalue weighted by Crippen LogP contribution is 2.33. The van der Waals surface area contributed by atoms with Crippen LogP contribution in [0.4, 0.5) is 5.69 Å². The van der Waals surface area contributed by atoms with E-state index in [1.54, 1.807) is 12.1 Å². The Labute approximate surface area is 175 Å². The van der Waals surface area contributed by atoms with Gasteiger partial charge in [0, 0.05) is 17.3 Å². The van der Waals surface area contributed by atoms with Gasteiger partial charge in [-0.25, -0.2) is 8.42 Å². The fourth-order valence-corrected chi connectivity index (χ4v) is 5.81. The number of fused-ring (bicyclic) bond motifs is 2. The van der Waals surface area contributed by atoms with Gasteiger partial charge in [0.2, 0.25) is 9.84 Å². The van der Waals surface area contributed by atoms with E-state index in [0.717, 1.165) is 49.1 Å². The van der Waals surface area contributed by atoms with Crippen LogP contribution in [0.2, 0.25) is 0 Å². The smallest absolute Gasteiger partial charge is 0.226 e. The van der Waals surface area contributed by atoms with Gasteiger partial charge in [-0.05, 0) is 55.4 Å². The molecule has 6 nitrogen and oxygen atoms in total. The first-order valence-corrected chi connectivity index (χ1v) is 11.8. The second-order valence-electron chi connectivity index (χ2n) is 7.81. The minimum Gasteiger partial charge on any atom is -0.383 e. The van der Waals surface area contributed by atoms with Gasteiger partial charge in [-0.1, -0.05) is 42.5 Å². The van der Waals surface area contributed by atoms with Gasteiger partial charge in [0.25, 0.3) is 0 Å². The second kappa shape index (κ2) is 7.74. The first-order valence-electron chi connectivity index (χ1n) is 10.3. The maximum absolute atomic E-state index is 13.5. The molecule has 30 heavy (non-hydrogen) atoms. The lowest BCUT2D eigenvalue weighted by Gasteiger charge is -2.23. The summed E-state index contributed by atoms with van der Waals surface area (Å²) in [6.07, 6.45) is 2.29. The average molecular weight is 421 g/mol. The van der Waals surface area contributed by atoms with Crippen molar-refractivity contribution in [3.05, 3.63) is 60.7 Å². The summed E-state index contributed by atoms with van der Waals surface area (Å²) in [6.45, 7) is 2.97. The number of hydrogen-bond donors (Lipinski definition) is 3. The Balaban J connectivity index is 1.53. The van der Waals surface area contributed by atoms with Crippen molar-refractivity contribution in [2.24, 2.45) is 5.92 Å². The Morgan fingerprint density at radius 2 is 1.67 bits per heavy atom. The third-order valence-electron chi connectivity index (χ3n) is 5.90. The number of hydrogen-bond acceptors (Lipinski definition) is 5. The SMILES string of the molecule is O=S(=O)(c1cccc2ccccc12)c1n[nH]c2c(NCC3CCNCC3)cccc12. The molecule has 1 saturated heterocycles. The van der Waals surface area contributed by atoms with Crippen molar-refractivity contribution >= 4 is 37.2 Å². The van der Waals surface area contributed by atoms with E-state index in [1.165, 1.54) is 0 Å². The average Bonchev–Trinajstić information content (AvgIpc) is 3.24. The number of nitrogens with zero attached hydrogens (tertiary/aromatic N) is 1. The minimum atomic E-state index is -3.78. The number of rotatable bonds is 5. The summed E-state index contributed by atoms with van der Waals surface area (Å²) in [7, 11) is -3.78. The predicted octanol–water partition coefficient (Wildman–Crippen LogP) is 3.96. The number of sulfone groups is 1. The van der Waals surface area contributed by atoms with Crippen LogP contribution in [0.1, 0.15) is 12.8 Å². The van der Waals surface area contributed by atoms with Crippen LogP contribution in [-0.2, 0) is 9.84 Å². The van der Waals surface area contributed by atoms with Gasteiger partial charge in [-0.3, -0.25) is 5.10 Å². The Morgan fingerprint density at radius 3 is 2.53 bits per heavy atom. The van der Waals surface area contributed by atoms with Crippen molar-refractivity contribution in [2.75, 3.05) is 25.0 Å². The normalized spacial score (nSPS) is 15.6. The molecule has 4 aromatic rings. The molecule has 7 heteroatoms. The molecule has 1 fully saturated rings. The number of aromatic amines is 1. The highest BCUT2D eigenvalue weighted by Gasteiger charge is 2.26. The van der Waals surface area contributed by atoms with Gasteiger partial charge in [-0.15, -0.1) is 0 Å². The summed E-state index contributed by atoms with van der Waals surface area (Å²) >= 11 is 0. The van der Waals surface area contributed by atoms with Crippen molar-refractivity contribution in [2.45, 2.75) is 22.8 Å². The molecule has 0 bridgehead atoms. The molecular weight excluding hydrogens is 396 g/mol. The predicted molar refractivity (Wildman–Crippen MR) is 120 cm³/mol. The highest BCUT2D eigenvalue weighted by molar-refractivity contribution is 7.91. The van der Waals surface area contributed by atoms with E-state index < -0.39 is 9.84 Å². The summed E-state index contributed by atoms with van der Waals surface area (Å²) < 4.78 is 27.1. The molecule has 0 aliphatic carbocycles. The van der Waals surface area contributed by atoms with Gasteiger partial charge < -0.3 is 10.6 Å². The number of benzene rings is 3. The molecule has 0 saturated carbocycles. The van der Waals surface area contributed by atoms with E-state index in [4.69, 9.17) is 0 Å². The summed E-state index contributed by atoms with van der Waals surface area (Å²) in [4.78, 5) is 0.280. The topological polar surface area (TPSA) is 86.9 Å². The molecular formula is C23H24N4O2S. The minimum absolute atomic E-state index is 0.0689. The monoisotopic (exact) mass is 420 g/mol. The fourth-order valence-electron chi connectivity index (χ4n) is 4.24. The van der Waals surface area contributed by atoms with Crippen molar-refractivity contribution in [3.63, 3.8) is 0 Å². The molecule has 0 atom stereocenters. The van der Waals surface area contributed by atoms with E-state index in [-0.39, 0.29) is 9.92 Å². The van der Waals surface area contributed by atoms with Crippen LogP contribution < -0.4 is 10.6 Å². The summed E-state index contributed by atoms with van der Waals surface area (Å²) in [5.74, 6) is 0.614. The first kappa shape index (κ1) is 19.1. The molecule has 0 unspecified atom stereocenters. The molecule has 1 aliphatic heterocycles. The van der Waals surface area contributed by atoms with E-state index in [9.17, 15) is 8.42 Å². The zero-order valence-electron chi connectivity index (χ0n) is 16.6. The lowest BCUT2D eigenvalue weighted by molar-refractivity contribution is 0.390. The summed E-state index contributed by atoms with van der Waals surface area (Å²) in [5.41, 5.74) is 1.61. The third kappa shape index (κ3) is 3.34. The molecule has 3 aromatic carbocycles. The van der Waals surface area contributed by atoms with Crippen molar-refractivity contribution in [1.29, 1.82) is 0 Å². The lowest BCUT2D eigenvalue weighted by Crippen LogP contribution is -2.31. The number of para-hydroxylation sites is 1. The van der Waals surface area contributed by atoms with Crippen LogP contribution in [0.25, 0.3) is 21.7 Å². The Hall–Kier alpha value is -2.90. The van der Waals surface area contributed by atoms with Crippen LogP contribution in [0, 0.1) is 5.92 Å². The summed E-state index contributed by atoms with van der Waals surface area (Å²) in [5, 5.41) is 16.4. The van der Waals surface area contributed by atoms with E-state index in [0.29, 0.717) is 16.7 Å². The number of aromatic nitrogens is 2. The quantitative estimate of drug-likeness (QED) is 0.455. The van der Waals surface area contributed by atoms with Crippen LogP contribution in [0.15, 0.2) is 70.6 Å². The van der Waals surface area contributed by atoms with Crippen LogP contribution in [-0.4, -0.2) is 38.2 Å². The molecule has 1 aromatic heterocycles. The molecule has 154 valence electrons. The lowest BCUT2D eigenvalue weighted by atomic mass is 9.98. The van der Waals surface area contributed by atoms with Gasteiger partial charge in [0.1, 0.15) is 0 Å². The Morgan fingerprint density at radius 1 is 0.933 bits per heavy atom. The highest BCUT2D eigenvalue weighted by atomic mass is 32.2. The molecule has 0 radical (unpaired) electrons. The standard InChI is InChI=1S/C23H24N4O2S/c28-30(29,21-10-3-6-17-5-1-2-7-18(17)21)23-19-8-4-9-20(22(19)26-27-23)25-15-16-11-13-24-14-12-16/h1-10,16,24-25H,11-15H2,(H,26,27). The van der Waals surface area contributed by atoms with E-state index in [2.05, 4.69) is 20.8 Å². The van der Waals surface area contributed by atoms with Crippen LogP contribution >= 0.6 is 0 Å². The van der Waals surface area contributed by atoms with E-state index >= 15 is 0 Å². The third-order valence-corrected chi connectivity index (χ3v) is 7.65. The van der Waals surface area contributed by atoms with Crippen molar-refractivity contribution in [1.82, 2.24) is 15.5 Å². The maximum Gasteiger partial charge on any atom is 0.226 e. The molecule has 0 amide bonds.